The minimum absolute atomic E-state index is 0.310. The lowest BCUT2D eigenvalue weighted by molar-refractivity contribution is 0.00226. The maximum Gasteiger partial charge on any atom is 0.343 e. The number of ether oxygens (including phenoxy) is 4. The van der Waals surface area contributed by atoms with Crippen LogP contribution in [0.3, 0.4) is 0 Å². The molecule has 0 bridgehead atoms. The van der Waals surface area contributed by atoms with Gasteiger partial charge in [0.2, 0.25) is 0 Å². The van der Waals surface area contributed by atoms with Crippen molar-refractivity contribution in [3.8, 4) is 22.6 Å². The molecule has 0 unspecified atom stereocenters. The topological polar surface area (TPSA) is 71.1 Å². The van der Waals surface area contributed by atoms with Crippen LogP contribution in [0.2, 0.25) is 0 Å². The molecule has 0 fully saturated rings. The molecule has 0 heterocycles. The van der Waals surface area contributed by atoms with Gasteiger partial charge in [0.05, 0.1) is 24.3 Å². The first kappa shape index (κ1) is 31.9. The molecule has 6 heteroatoms. The van der Waals surface area contributed by atoms with Gasteiger partial charge >= 0.3 is 11.9 Å². The Hall–Kier alpha value is -3.64. The van der Waals surface area contributed by atoms with Crippen LogP contribution in [-0.4, -0.2) is 37.9 Å². The molecule has 0 aromatic heterocycles. The van der Waals surface area contributed by atoms with E-state index in [1.54, 1.807) is 48.5 Å². The molecule has 0 spiro atoms. The molecule has 0 aliphatic rings. The van der Waals surface area contributed by atoms with Crippen molar-refractivity contribution in [3.05, 3.63) is 83.9 Å². The Morgan fingerprint density at radius 2 is 1.15 bits per heavy atom. The molecule has 0 aliphatic carbocycles. The second kappa shape index (κ2) is 17.9. The first-order valence-corrected chi connectivity index (χ1v) is 14.9. The van der Waals surface area contributed by atoms with Gasteiger partial charge in [0.15, 0.2) is 0 Å². The van der Waals surface area contributed by atoms with E-state index < -0.39 is 5.97 Å². The number of benzene rings is 3. The molecule has 41 heavy (non-hydrogen) atoms. The Kier molecular flexibility index (Phi) is 13.9. The Bertz CT molecular complexity index is 1170. The van der Waals surface area contributed by atoms with E-state index in [0.717, 1.165) is 29.7 Å². The minimum atomic E-state index is -0.423. The van der Waals surface area contributed by atoms with E-state index in [-0.39, 0.29) is 12.1 Å². The zero-order chi connectivity index (χ0) is 29.3. The van der Waals surface area contributed by atoms with Crippen molar-refractivity contribution in [2.45, 2.75) is 78.2 Å². The van der Waals surface area contributed by atoms with Crippen molar-refractivity contribution >= 4 is 11.9 Å². The average molecular weight is 561 g/mol. The lowest BCUT2D eigenvalue weighted by atomic mass is 10.0. The monoisotopic (exact) mass is 560 g/mol. The number of rotatable bonds is 18. The highest BCUT2D eigenvalue weighted by atomic mass is 16.6. The maximum atomic E-state index is 12.6. The number of hydrogen-bond donors (Lipinski definition) is 0. The summed E-state index contributed by atoms with van der Waals surface area (Å²) in [6, 6.07) is 21.6. The van der Waals surface area contributed by atoms with Crippen LogP contribution < -0.4 is 9.47 Å². The summed E-state index contributed by atoms with van der Waals surface area (Å²) in [4.78, 5) is 25.0. The molecule has 0 radical (unpaired) electrons. The fraction of sp³-hybridized carbons (Fsp3) is 0.429. The van der Waals surface area contributed by atoms with Crippen LogP contribution in [0.25, 0.3) is 11.1 Å². The summed E-state index contributed by atoms with van der Waals surface area (Å²) in [5.41, 5.74) is 2.82. The fourth-order valence-electron chi connectivity index (χ4n) is 4.30. The van der Waals surface area contributed by atoms with E-state index in [9.17, 15) is 9.59 Å². The molecule has 3 rings (SSSR count). The Morgan fingerprint density at radius 1 is 0.610 bits per heavy atom. The zero-order valence-electron chi connectivity index (χ0n) is 24.7. The first-order chi connectivity index (χ1) is 20.0. The molecule has 0 saturated carbocycles. The molecule has 1 atom stereocenters. The van der Waals surface area contributed by atoms with Crippen LogP contribution in [-0.2, 0) is 9.47 Å². The largest absolute Gasteiger partial charge is 0.494 e. The van der Waals surface area contributed by atoms with Gasteiger partial charge in [0.25, 0.3) is 0 Å². The molecule has 0 saturated heterocycles. The average Bonchev–Trinajstić information content (AvgIpc) is 2.99. The summed E-state index contributed by atoms with van der Waals surface area (Å²) in [7, 11) is 0. The van der Waals surface area contributed by atoms with Crippen LogP contribution in [0.1, 0.15) is 92.9 Å². The molecule has 0 N–H and O–H groups in total. The van der Waals surface area contributed by atoms with Gasteiger partial charge in [-0.25, -0.2) is 9.59 Å². The highest BCUT2D eigenvalue weighted by molar-refractivity contribution is 5.91. The Balaban J connectivity index is 1.43. The lowest BCUT2D eigenvalue weighted by Gasteiger charge is -2.13. The SMILES string of the molecule is CCCCCCCCCOc1ccc(C(=O)Oc2ccc(-c3ccc(C(=O)O[C@H](C)COCCC)cc3)cc2)cc1. The Labute approximate surface area is 245 Å². The van der Waals surface area contributed by atoms with E-state index >= 15 is 0 Å². The maximum absolute atomic E-state index is 12.6. The minimum Gasteiger partial charge on any atom is -0.494 e. The molecule has 3 aromatic rings. The van der Waals surface area contributed by atoms with E-state index in [1.165, 1.54) is 38.5 Å². The van der Waals surface area contributed by atoms with Gasteiger partial charge in [-0.15, -0.1) is 0 Å². The van der Waals surface area contributed by atoms with E-state index in [2.05, 4.69) is 6.92 Å². The standard InChI is InChI=1S/C35H44O6/c1-4-6-7-8-9-10-11-25-39-32-20-18-31(19-21-32)35(37)41-33-22-16-29(17-23-33)28-12-14-30(15-13-28)34(36)40-27(3)26-38-24-5-2/h12-23,27H,4-11,24-26H2,1-3H3/t27-/m1/s1. The third-order valence-electron chi connectivity index (χ3n) is 6.63. The van der Waals surface area contributed by atoms with Crippen LogP contribution in [0, 0.1) is 0 Å². The predicted molar refractivity (Wildman–Crippen MR) is 163 cm³/mol. The first-order valence-electron chi connectivity index (χ1n) is 14.9. The van der Waals surface area contributed by atoms with Gasteiger partial charge in [-0.3, -0.25) is 0 Å². The van der Waals surface area contributed by atoms with Crippen molar-refractivity contribution in [1.29, 1.82) is 0 Å². The second-order valence-corrected chi connectivity index (χ2v) is 10.3. The van der Waals surface area contributed by atoms with Gasteiger partial charge in [-0.2, -0.15) is 0 Å². The van der Waals surface area contributed by atoms with Crippen LogP contribution in [0.5, 0.6) is 11.5 Å². The molecule has 220 valence electrons. The van der Waals surface area contributed by atoms with Gasteiger partial charge in [0.1, 0.15) is 17.6 Å². The lowest BCUT2D eigenvalue weighted by Crippen LogP contribution is -2.20. The highest BCUT2D eigenvalue weighted by Gasteiger charge is 2.13. The zero-order valence-corrected chi connectivity index (χ0v) is 24.7. The van der Waals surface area contributed by atoms with Gasteiger partial charge in [-0.05, 0) is 79.4 Å². The van der Waals surface area contributed by atoms with E-state index in [1.807, 2.05) is 38.1 Å². The van der Waals surface area contributed by atoms with Crippen molar-refractivity contribution < 1.29 is 28.5 Å². The normalized spacial score (nSPS) is 11.6. The van der Waals surface area contributed by atoms with E-state index in [0.29, 0.717) is 36.7 Å². The van der Waals surface area contributed by atoms with Gasteiger partial charge in [0, 0.05) is 6.61 Å². The summed E-state index contributed by atoms with van der Waals surface area (Å²) in [6.07, 6.45) is 9.30. The van der Waals surface area contributed by atoms with Crippen molar-refractivity contribution in [1.82, 2.24) is 0 Å². The third-order valence-corrected chi connectivity index (χ3v) is 6.63. The fourth-order valence-corrected chi connectivity index (χ4v) is 4.30. The molecule has 3 aromatic carbocycles. The third kappa shape index (κ3) is 11.4. The Morgan fingerprint density at radius 3 is 1.78 bits per heavy atom. The van der Waals surface area contributed by atoms with Crippen molar-refractivity contribution in [3.63, 3.8) is 0 Å². The summed E-state index contributed by atoms with van der Waals surface area (Å²) in [6.45, 7) is 7.80. The molecule has 6 nitrogen and oxygen atoms in total. The molecular weight excluding hydrogens is 516 g/mol. The predicted octanol–water partition coefficient (Wildman–Crippen LogP) is 8.67. The van der Waals surface area contributed by atoms with E-state index in [4.69, 9.17) is 18.9 Å². The van der Waals surface area contributed by atoms with Crippen molar-refractivity contribution in [2.24, 2.45) is 0 Å². The molecular formula is C35H44O6. The van der Waals surface area contributed by atoms with Gasteiger partial charge in [-0.1, -0.05) is 76.6 Å². The highest BCUT2D eigenvalue weighted by Crippen LogP contribution is 2.24. The molecule has 0 amide bonds. The van der Waals surface area contributed by atoms with Crippen LogP contribution in [0.4, 0.5) is 0 Å². The summed E-state index contributed by atoms with van der Waals surface area (Å²) < 4.78 is 22.3. The summed E-state index contributed by atoms with van der Waals surface area (Å²) in [5.74, 6) is 0.414. The summed E-state index contributed by atoms with van der Waals surface area (Å²) >= 11 is 0. The van der Waals surface area contributed by atoms with Crippen molar-refractivity contribution in [2.75, 3.05) is 19.8 Å². The van der Waals surface area contributed by atoms with Gasteiger partial charge < -0.3 is 18.9 Å². The van der Waals surface area contributed by atoms with Crippen LogP contribution in [0.15, 0.2) is 72.8 Å². The number of unbranched alkanes of at least 4 members (excludes halogenated alkanes) is 6. The smallest absolute Gasteiger partial charge is 0.343 e. The van der Waals surface area contributed by atoms with Crippen LogP contribution >= 0.6 is 0 Å². The quantitative estimate of drug-likeness (QED) is 0.0880. The second-order valence-electron chi connectivity index (χ2n) is 10.3. The summed E-state index contributed by atoms with van der Waals surface area (Å²) in [5, 5.41) is 0. The number of hydrogen-bond acceptors (Lipinski definition) is 6. The number of carbonyl (C=O) groups excluding carboxylic acids is 2. The number of carbonyl (C=O) groups is 2. The molecule has 0 aliphatic heterocycles. The number of esters is 2.